The summed E-state index contributed by atoms with van der Waals surface area (Å²) in [5.41, 5.74) is 2.14. The van der Waals surface area contributed by atoms with Crippen molar-refractivity contribution < 1.29 is 9.18 Å². The van der Waals surface area contributed by atoms with Crippen LogP contribution in [0, 0.1) is 5.82 Å². The molecule has 0 aromatic heterocycles. The second-order valence-electron chi connectivity index (χ2n) is 5.82. The van der Waals surface area contributed by atoms with Gasteiger partial charge in [-0.2, -0.15) is 0 Å². The highest BCUT2D eigenvalue weighted by Gasteiger charge is 2.15. The Morgan fingerprint density at radius 1 is 1.09 bits per heavy atom. The first-order valence-corrected chi connectivity index (χ1v) is 7.79. The maximum Gasteiger partial charge on any atom is 0.220 e. The fourth-order valence-corrected chi connectivity index (χ4v) is 2.48. The molecule has 1 amide bonds. The van der Waals surface area contributed by atoms with Crippen molar-refractivity contribution in [3.63, 3.8) is 0 Å². The third-order valence-corrected chi connectivity index (χ3v) is 3.85. The Bertz CT molecular complexity index is 611. The zero-order valence-electron chi connectivity index (χ0n) is 13.6. The summed E-state index contributed by atoms with van der Waals surface area (Å²) in [5, 5.41) is 2.97. The van der Waals surface area contributed by atoms with Crippen LogP contribution >= 0.6 is 0 Å². The number of carbonyl (C=O) groups is 1. The minimum absolute atomic E-state index is 0.0243. The highest BCUT2D eigenvalue weighted by Crippen LogP contribution is 2.17. The fourth-order valence-electron chi connectivity index (χ4n) is 2.48. The smallest absolute Gasteiger partial charge is 0.220 e. The van der Waals surface area contributed by atoms with Gasteiger partial charge in [0.15, 0.2) is 0 Å². The predicted molar refractivity (Wildman–Crippen MR) is 90.6 cm³/mol. The highest BCUT2D eigenvalue weighted by atomic mass is 19.1. The van der Waals surface area contributed by atoms with Gasteiger partial charge in [0, 0.05) is 13.0 Å². The van der Waals surface area contributed by atoms with Gasteiger partial charge in [0.2, 0.25) is 5.91 Å². The van der Waals surface area contributed by atoms with Gasteiger partial charge in [-0.05, 0) is 43.8 Å². The molecule has 1 atom stereocenters. The second-order valence-corrected chi connectivity index (χ2v) is 5.82. The van der Waals surface area contributed by atoms with Crippen molar-refractivity contribution in [3.8, 4) is 0 Å². The van der Waals surface area contributed by atoms with E-state index in [4.69, 9.17) is 0 Å². The van der Waals surface area contributed by atoms with Crippen molar-refractivity contribution in [2.45, 2.75) is 18.9 Å². The first-order chi connectivity index (χ1) is 11.1. The summed E-state index contributed by atoms with van der Waals surface area (Å²) in [6.45, 7) is 0.506. The Kier molecular flexibility index (Phi) is 6.29. The third kappa shape index (κ3) is 5.49. The molecule has 1 N–H and O–H groups in total. The van der Waals surface area contributed by atoms with Gasteiger partial charge in [-0.3, -0.25) is 4.79 Å². The summed E-state index contributed by atoms with van der Waals surface area (Å²) >= 11 is 0. The molecule has 0 aliphatic heterocycles. The van der Waals surface area contributed by atoms with E-state index in [-0.39, 0.29) is 17.8 Å². The molecule has 3 nitrogen and oxygen atoms in total. The molecule has 0 spiro atoms. The number of hydrogen-bond donors (Lipinski definition) is 1. The minimum atomic E-state index is -0.252. The number of carbonyl (C=O) groups excluding carboxylic acids is 1. The van der Waals surface area contributed by atoms with Gasteiger partial charge < -0.3 is 10.2 Å². The van der Waals surface area contributed by atoms with E-state index in [2.05, 4.69) is 5.32 Å². The molecule has 0 unspecified atom stereocenters. The van der Waals surface area contributed by atoms with Gasteiger partial charge in [-0.25, -0.2) is 4.39 Å². The largest absolute Gasteiger partial charge is 0.354 e. The SMILES string of the molecule is CN(C)[C@H](CNC(=O)CCc1ccccc1)c1ccc(F)cc1. The molecule has 0 aliphatic rings. The fraction of sp³-hybridized carbons (Fsp3) is 0.316. The van der Waals surface area contributed by atoms with Crippen molar-refractivity contribution in [2.75, 3.05) is 20.6 Å². The van der Waals surface area contributed by atoms with Crippen LogP contribution in [0.5, 0.6) is 0 Å². The summed E-state index contributed by atoms with van der Waals surface area (Å²) < 4.78 is 13.0. The molecule has 2 aromatic carbocycles. The zero-order chi connectivity index (χ0) is 16.7. The number of benzene rings is 2. The van der Waals surface area contributed by atoms with Crippen LogP contribution in [0.2, 0.25) is 0 Å². The number of hydrogen-bond acceptors (Lipinski definition) is 2. The number of halogens is 1. The van der Waals surface area contributed by atoms with Crippen molar-refractivity contribution >= 4 is 5.91 Å². The van der Waals surface area contributed by atoms with Crippen LogP contribution < -0.4 is 5.32 Å². The molecular weight excluding hydrogens is 291 g/mol. The van der Waals surface area contributed by atoms with Crippen LogP contribution in [0.15, 0.2) is 54.6 Å². The molecule has 0 saturated carbocycles. The normalized spacial score (nSPS) is 12.2. The first-order valence-electron chi connectivity index (χ1n) is 7.79. The lowest BCUT2D eigenvalue weighted by Crippen LogP contribution is -2.34. The molecule has 2 aromatic rings. The third-order valence-electron chi connectivity index (χ3n) is 3.85. The molecule has 0 heterocycles. The minimum Gasteiger partial charge on any atom is -0.354 e. The summed E-state index contributed by atoms with van der Waals surface area (Å²) in [6.07, 6.45) is 1.20. The van der Waals surface area contributed by atoms with Crippen LogP contribution in [-0.4, -0.2) is 31.4 Å². The lowest BCUT2D eigenvalue weighted by Gasteiger charge is -2.25. The molecule has 0 saturated heterocycles. The number of nitrogens with one attached hydrogen (secondary N) is 1. The number of amides is 1. The van der Waals surface area contributed by atoms with Crippen LogP contribution in [-0.2, 0) is 11.2 Å². The second kappa shape index (κ2) is 8.44. The van der Waals surface area contributed by atoms with E-state index in [1.165, 1.54) is 12.1 Å². The lowest BCUT2D eigenvalue weighted by atomic mass is 10.1. The topological polar surface area (TPSA) is 32.3 Å². The molecule has 4 heteroatoms. The lowest BCUT2D eigenvalue weighted by molar-refractivity contribution is -0.121. The summed E-state index contributed by atoms with van der Waals surface area (Å²) in [7, 11) is 3.90. The first kappa shape index (κ1) is 17.2. The molecule has 0 fully saturated rings. The van der Waals surface area contributed by atoms with Crippen LogP contribution in [0.25, 0.3) is 0 Å². The van der Waals surface area contributed by atoms with E-state index < -0.39 is 0 Å². The van der Waals surface area contributed by atoms with E-state index in [1.54, 1.807) is 12.1 Å². The number of nitrogens with zero attached hydrogens (tertiary/aromatic N) is 1. The van der Waals surface area contributed by atoms with E-state index in [9.17, 15) is 9.18 Å². The average molecular weight is 314 g/mol. The van der Waals surface area contributed by atoms with Gasteiger partial charge in [0.25, 0.3) is 0 Å². The molecule has 23 heavy (non-hydrogen) atoms. The van der Waals surface area contributed by atoms with Gasteiger partial charge >= 0.3 is 0 Å². The molecule has 0 radical (unpaired) electrons. The van der Waals surface area contributed by atoms with Crippen molar-refractivity contribution in [1.29, 1.82) is 0 Å². The van der Waals surface area contributed by atoms with E-state index in [0.717, 1.165) is 17.5 Å². The van der Waals surface area contributed by atoms with Gasteiger partial charge in [0.05, 0.1) is 6.04 Å². The maximum absolute atomic E-state index is 13.0. The molecule has 0 bridgehead atoms. The standard InChI is InChI=1S/C19H23FN2O/c1-22(2)18(16-9-11-17(20)12-10-16)14-21-19(23)13-8-15-6-4-3-5-7-15/h3-7,9-12,18H,8,13-14H2,1-2H3,(H,21,23)/t18-/m1/s1. The zero-order valence-corrected chi connectivity index (χ0v) is 13.6. The average Bonchev–Trinajstić information content (AvgIpc) is 2.55. The monoisotopic (exact) mass is 314 g/mol. The van der Waals surface area contributed by atoms with Gasteiger partial charge in [0.1, 0.15) is 5.82 Å². The number of aryl methyl sites for hydroxylation is 1. The number of likely N-dealkylation sites (N-methyl/N-ethyl adjacent to an activating group) is 1. The van der Waals surface area contributed by atoms with E-state index in [1.807, 2.05) is 49.3 Å². The Morgan fingerprint density at radius 3 is 2.35 bits per heavy atom. The van der Waals surface area contributed by atoms with Crippen LogP contribution in [0.4, 0.5) is 4.39 Å². The highest BCUT2D eigenvalue weighted by molar-refractivity contribution is 5.76. The predicted octanol–water partition coefficient (Wildman–Crippen LogP) is 3.18. The Hall–Kier alpha value is -2.20. The van der Waals surface area contributed by atoms with E-state index >= 15 is 0 Å². The van der Waals surface area contributed by atoms with Crippen molar-refractivity contribution in [2.24, 2.45) is 0 Å². The molecular formula is C19H23FN2O. The van der Waals surface area contributed by atoms with Crippen molar-refractivity contribution in [1.82, 2.24) is 10.2 Å². The molecule has 0 aliphatic carbocycles. The van der Waals surface area contributed by atoms with Crippen molar-refractivity contribution in [3.05, 3.63) is 71.5 Å². The van der Waals surface area contributed by atoms with Crippen LogP contribution in [0.1, 0.15) is 23.6 Å². The van der Waals surface area contributed by atoms with Crippen LogP contribution in [0.3, 0.4) is 0 Å². The quantitative estimate of drug-likeness (QED) is 0.851. The van der Waals surface area contributed by atoms with Gasteiger partial charge in [-0.1, -0.05) is 42.5 Å². The summed E-state index contributed by atoms with van der Waals surface area (Å²) in [6, 6.07) is 16.4. The summed E-state index contributed by atoms with van der Waals surface area (Å²) in [4.78, 5) is 14.1. The Morgan fingerprint density at radius 2 is 1.74 bits per heavy atom. The summed E-state index contributed by atoms with van der Waals surface area (Å²) in [5.74, 6) is -0.221. The van der Waals surface area contributed by atoms with Gasteiger partial charge in [-0.15, -0.1) is 0 Å². The Labute approximate surface area is 137 Å². The van der Waals surface area contributed by atoms with E-state index in [0.29, 0.717) is 13.0 Å². The molecule has 2 rings (SSSR count). The molecule has 122 valence electrons. The Balaban J connectivity index is 1.86. The maximum atomic E-state index is 13.0. The number of rotatable bonds is 7.